The summed E-state index contributed by atoms with van der Waals surface area (Å²) in [7, 11) is 0. The number of halogens is 1. The number of hydrogen-bond donors (Lipinski definition) is 1. The van der Waals surface area contributed by atoms with Gasteiger partial charge in [0.1, 0.15) is 18.1 Å². The summed E-state index contributed by atoms with van der Waals surface area (Å²) in [5.41, 5.74) is 1.66. The quantitative estimate of drug-likeness (QED) is 0.505. The summed E-state index contributed by atoms with van der Waals surface area (Å²) >= 11 is 3.41. The summed E-state index contributed by atoms with van der Waals surface area (Å²) in [4.78, 5) is 24.3. The topological polar surface area (TPSA) is 64.2 Å². The molecule has 0 atom stereocenters. The van der Waals surface area contributed by atoms with E-state index in [1.165, 1.54) is 6.07 Å². The van der Waals surface area contributed by atoms with Gasteiger partial charge in [0.15, 0.2) is 5.43 Å². The Kier molecular flexibility index (Phi) is 5.12. The van der Waals surface area contributed by atoms with Gasteiger partial charge in [-0.15, -0.1) is 0 Å². The van der Waals surface area contributed by atoms with E-state index < -0.39 is 0 Å². The molecule has 6 heteroatoms. The smallest absolute Gasteiger partial charge is 0.240 e. The Morgan fingerprint density at radius 3 is 2.61 bits per heavy atom. The van der Waals surface area contributed by atoms with Crippen LogP contribution in [0.1, 0.15) is 5.76 Å². The second kappa shape index (κ2) is 7.86. The number of nitrogens with zero attached hydrogens (tertiary/aromatic N) is 1. The van der Waals surface area contributed by atoms with Gasteiger partial charge in [0.25, 0.3) is 0 Å². The standard InChI is InChI=1S/C22H17BrN2O3/c23-16-7-5-15(6-8-16)21-10-9-17(28-21)13-24-22(27)14-25-12-11-20(26)18-3-1-2-4-19(18)25/h1-12H,13-14H2,(H,24,27). The fourth-order valence-corrected chi connectivity index (χ4v) is 3.30. The largest absolute Gasteiger partial charge is 0.459 e. The monoisotopic (exact) mass is 436 g/mol. The van der Waals surface area contributed by atoms with Crippen molar-refractivity contribution in [1.82, 2.24) is 9.88 Å². The molecule has 1 amide bonds. The first-order chi connectivity index (χ1) is 13.6. The van der Waals surface area contributed by atoms with Gasteiger partial charge < -0.3 is 14.3 Å². The lowest BCUT2D eigenvalue weighted by molar-refractivity contribution is -0.121. The van der Waals surface area contributed by atoms with Gasteiger partial charge in [-0.05, 0) is 36.4 Å². The third-order valence-electron chi connectivity index (χ3n) is 4.45. The average Bonchev–Trinajstić information content (AvgIpc) is 3.18. The van der Waals surface area contributed by atoms with Gasteiger partial charge in [-0.2, -0.15) is 0 Å². The van der Waals surface area contributed by atoms with Gasteiger partial charge in [0.2, 0.25) is 5.91 Å². The van der Waals surface area contributed by atoms with Gasteiger partial charge in [-0.3, -0.25) is 9.59 Å². The van der Waals surface area contributed by atoms with E-state index in [1.54, 1.807) is 16.8 Å². The fourth-order valence-electron chi connectivity index (χ4n) is 3.04. The van der Waals surface area contributed by atoms with Crippen molar-refractivity contribution in [3.63, 3.8) is 0 Å². The lowest BCUT2D eigenvalue weighted by Crippen LogP contribution is -2.27. The molecule has 0 bridgehead atoms. The van der Waals surface area contributed by atoms with Crippen molar-refractivity contribution in [3.8, 4) is 11.3 Å². The molecule has 0 aliphatic rings. The van der Waals surface area contributed by atoms with E-state index in [9.17, 15) is 9.59 Å². The van der Waals surface area contributed by atoms with Crippen LogP contribution in [0.2, 0.25) is 0 Å². The van der Waals surface area contributed by atoms with Gasteiger partial charge in [0, 0.05) is 27.7 Å². The molecule has 1 N–H and O–H groups in total. The van der Waals surface area contributed by atoms with Crippen LogP contribution in [0.5, 0.6) is 0 Å². The maximum atomic E-state index is 12.4. The highest BCUT2D eigenvalue weighted by Gasteiger charge is 2.09. The lowest BCUT2D eigenvalue weighted by atomic mass is 10.2. The molecule has 2 heterocycles. The molecule has 28 heavy (non-hydrogen) atoms. The summed E-state index contributed by atoms with van der Waals surface area (Å²) in [6.45, 7) is 0.425. The van der Waals surface area contributed by atoms with Crippen LogP contribution in [0.3, 0.4) is 0 Å². The van der Waals surface area contributed by atoms with E-state index in [2.05, 4.69) is 21.2 Å². The number of pyridine rings is 1. The molecule has 0 unspecified atom stereocenters. The zero-order valence-corrected chi connectivity index (χ0v) is 16.5. The number of aromatic nitrogens is 1. The van der Waals surface area contributed by atoms with E-state index in [1.807, 2.05) is 54.6 Å². The Bertz CT molecular complexity index is 1190. The first-order valence-corrected chi connectivity index (χ1v) is 9.59. The van der Waals surface area contributed by atoms with Crippen molar-refractivity contribution in [1.29, 1.82) is 0 Å². The number of para-hydroxylation sites is 1. The molecule has 0 aliphatic heterocycles. The molecular weight excluding hydrogens is 420 g/mol. The molecular formula is C22H17BrN2O3. The molecule has 140 valence electrons. The molecule has 0 radical (unpaired) electrons. The Morgan fingerprint density at radius 1 is 1.00 bits per heavy atom. The number of amides is 1. The SMILES string of the molecule is O=C(Cn1ccc(=O)c2ccccc21)NCc1ccc(-c2ccc(Br)cc2)o1. The number of rotatable bonds is 5. The van der Waals surface area contributed by atoms with Gasteiger partial charge in [-0.1, -0.05) is 40.2 Å². The predicted molar refractivity (Wildman–Crippen MR) is 112 cm³/mol. The van der Waals surface area contributed by atoms with E-state index in [0.29, 0.717) is 17.7 Å². The van der Waals surface area contributed by atoms with Crippen molar-refractivity contribution in [2.24, 2.45) is 0 Å². The first-order valence-electron chi connectivity index (χ1n) is 8.80. The average molecular weight is 437 g/mol. The highest BCUT2D eigenvalue weighted by Crippen LogP contribution is 2.23. The van der Waals surface area contributed by atoms with Crippen LogP contribution >= 0.6 is 15.9 Å². The number of furan rings is 1. The first kappa shape index (κ1) is 18.3. The number of nitrogens with one attached hydrogen (secondary N) is 1. The highest BCUT2D eigenvalue weighted by atomic mass is 79.9. The van der Waals surface area contributed by atoms with Crippen molar-refractivity contribution >= 4 is 32.7 Å². The molecule has 0 saturated carbocycles. The highest BCUT2D eigenvalue weighted by molar-refractivity contribution is 9.10. The number of fused-ring (bicyclic) bond motifs is 1. The molecule has 5 nitrogen and oxygen atoms in total. The van der Waals surface area contributed by atoms with E-state index in [0.717, 1.165) is 21.3 Å². The molecule has 0 fully saturated rings. The molecule has 2 aromatic heterocycles. The summed E-state index contributed by atoms with van der Waals surface area (Å²) in [6.07, 6.45) is 1.64. The zero-order valence-electron chi connectivity index (χ0n) is 14.9. The van der Waals surface area contributed by atoms with E-state index >= 15 is 0 Å². The molecule has 0 spiro atoms. The third-order valence-corrected chi connectivity index (χ3v) is 4.98. The minimum absolute atomic E-state index is 0.0525. The summed E-state index contributed by atoms with van der Waals surface area (Å²) in [5, 5.41) is 3.46. The molecule has 4 aromatic rings. The van der Waals surface area contributed by atoms with Gasteiger partial charge in [-0.25, -0.2) is 0 Å². The zero-order chi connectivity index (χ0) is 19.5. The predicted octanol–water partition coefficient (Wildman–Crippen LogP) is 4.34. The van der Waals surface area contributed by atoms with Crippen molar-refractivity contribution in [2.75, 3.05) is 0 Å². The maximum Gasteiger partial charge on any atom is 0.240 e. The molecule has 0 saturated heterocycles. The minimum Gasteiger partial charge on any atom is -0.459 e. The fraction of sp³-hybridized carbons (Fsp3) is 0.0909. The molecule has 0 aliphatic carbocycles. The minimum atomic E-state index is -0.157. The van der Waals surface area contributed by atoms with Crippen LogP contribution in [0.15, 0.2) is 86.6 Å². The van der Waals surface area contributed by atoms with Crippen LogP contribution in [-0.4, -0.2) is 10.5 Å². The number of carbonyl (C=O) groups excluding carboxylic acids is 1. The second-order valence-electron chi connectivity index (χ2n) is 6.37. The van der Waals surface area contributed by atoms with E-state index in [-0.39, 0.29) is 17.9 Å². The van der Waals surface area contributed by atoms with Crippen molar-refractivity contribution in [2.45, 2.75) is 13.1 Å². The Balaban J connectivity index is 1.42. The van der Waals surface area contributed by atoms with Gasteiger partial charge in [0.05, 0.1) is 12.1 Å². The number of benzene rings is 2. The normalized spacial score (nSPS) is 10.9. The third kappa shape index (κ3) is 3.92. The van der Waals surface area contributed by atoms with Crippen molar-refractivity contribution < 1.29 is 9.21 Å². The molecule has 2 aromatic carbocycles. The van der Waals surface area contributed by atoms with Crippen molar-refractivity contribution in [3.05, 3.63) is 93.4 Å². The Morgan fingerprint density at radius 2 is 1.79 bits per heavy atom. The number of carbonyl (C=O) groups is 1. The molecule has 4 rings (SSSR count). The summed E-state index contributed by atoms with van der Waals surface area (Å²) < 4.78 is 8.59. The maximum absolute atomic E-state index is 12.4. The van der Waals surface area contributed by atoms with Crippen LogP contribution in [0.4, 0.5) is 0 Å². The van der Waals surface area contributed by atoms with Crippen LogP contribution in [0.25, 0.3) is 22.2 Å². The van der Waals surface area contributed by atoms with Crippen LogP contribution < -0.4 is 10.7 Å². The van der Waals surface area contributed by atoms with Crippen LogP contribution in [-0.2, 0) is 17.9 Å². The summed E-state index contributed by atoms with van der Waals surface area (Å²) in [5.74, 6) is 1.27. The van der Waals surface area contributed by atoms with Crippen LogP contribution in [0, 0.1) is 0 Å². The Hall–Kier alpha value is -3.12. The van der Waals surface area contributed by atoms with Gasteiger partial charge >= 0.3 is 0 Å². The second-order valence-corrected chi connectivity index (χ2v) is 7.29. The lowest BCUT2D eigenvalue weighted by Gasteiger charge is -2.10. The summed E-state index contributed by atoms with van der Waals surface area (Å²) in [6, 6.07) is 20.3. The number of hydrogen-bond acceptors (Lipinski definition) is 3. The van der Waals surface area contributed by atoms with E-state index in [4.69, 9.17) is 4.42 Å². The Labute approximate surface area is 169 Å².